The first kappa shape index (κ1) is 14.5. The summed E-state index contributed by atoms with van der Waals surface area (Å²) < 4.78 is 1.02. The highest BCUT2D eigenvalue weighted by molar-refractivity contribution is 9.10. The molecule has 2 aromatic carbocycles. The van der Waals surface area contributed by atoms with Gasteiger partial charge in [0.2, 0.25) is 5.91 Å². The van der Waals surface area contributed by atoms with Gasteiger partial charge < -0.3 is 5.32 Å². The molecule has 0 saturated heterocycles. The molecular formula is C17H16BrNO. The van der Waals surface area contributed by atoms with Crippen LogP contribution in [0, 0.1) is 0 Å². The maximum atomic E-state index is 11.9. The smallest absolute Gasteiger partial charge is 0.248 e. The molecule has 0 aromatic heterocycles. The van der Waals surface area contributed by atoms with E-state index in [-0.39, 0.29) is 5.91 Å². The third-order valence-electron chi connectivity index (χ3n) is 2.93. The second kappa shape index (κ2) is 7.06. The molecule has 0 fully saturated rings. The van der Waals surface area contributed by atoms with E-state index in [0.717, 1.165) is 27.7 Å². The van der Waals surface area contributed by atoms with Gasteiger partial charge in [-0.3, -0.25) is 4.79 Å². The van der Waals surface area contributed by atoms with Gasteiger partial charge in [-0.2, -0.15) is 0 Å². The first-order valence-electron chi connectivity index (χ1n) is 6.51. The quantitative estimate of drug-likeness (QED) is 0.812. The second-order valence-corrected chi connectivity index (χ2v) is 5.30. The summed E-state index contributed by atoms with van der Waals surface area (Å²) in [5.41, 5.74) is 2.98. The second-order valence-electron chi connectivity index (χ2n) is 4.39. The standard InChI is InChI=1S/C17H16BrNO/c1-2-14-12-15(18)9-10-16(14)19-17(20)11-8-13-6-4-3-5-7-13/h3-12H,2H2,1H3,(H,19,20)/b11-8+. The van der Waals surface area contributed by atoms with Crippen molar-refractivity contribution in [3.63, 3.8) is 0 Å². The number of rotatable bonds is 4. The van der Waals surface area contributed by atoms with Crippen LogP contribution in [0.3, 0.4) is 0 Å². The van der Waals surface area contributed by atoms with E-state index in [4.69, 9.17) is 0 Å². The first-order chi connectivity index (χ1) is 9.69. The van der Waals surface area contributed by atoms with Crippen molar-refractivity contribution in [3.05, 3.63) is 70.2 Å². The Morgan fingerprint density at radius 2 is 1.95 bits per heavy atom. The minimum absolute atomic E-state index is 0.120. The van der Waals surface area contributed by atoms with Crippen molar-refractivity contribution in [2.75, 3.05) is 5.32 Å². The van der Waals surface area contributed by atoms with E-state index in [1.165, 1.54) is 0 Å². The third-order valence-corrected chi connectivity index (χ3v) is 3.43. The topological polar surface area (TPSA) is 29.1 Å². The van der Waals surface area contributed by atoms with Crippen LogP contribution in [0.15, 0.2) is 59.1 Å². The number of hydrogen-bond acceptors (Lipinski definition) is 1. The lowest BCUT2D eigenvalue weighted by molar-refractivity contribution is -0.111. The molecule has 0 aliphatic carbocycles. The van der Waals surface area contributed by atoms with Crippen LogP contribution in [0.4, 0.5) is 5.69 Å². The van der Waals surface area contributed by atoms with Gasteiger partial charge in [-0.05, 0) is 41.8 Å². The number of hydrogen-bond donors (Lipinski definition) is 1. The predicted molar refractivity (Wildman–Crippen MR) is 87.6 cm³/mol. The monoisotopic (exact) mass is 329 g/mol. The number of aryl methyl sites for hydroxylation is 1. The van der Waals surface area contributed by atoms with Crippen molar-refractivity contribution in [2.45, 2.75) is 13.3 Å². The summed E-state index contributed by atoms with van der Waals surface area (Å²) in [6, 6.07) is 15.6. The fourth-order valence-corrected chi connectivity index (χ4v) is 2.30. The summed E-state index contributed by atoms with van der Waals surface area (Å²) in [7, 11) is 0. The van der Waals surface area contributed by atoms with Crippen molar-refractivity contribution in [3.8, 4) is 0 Å². The first-order valence-corrected chi connectivity index (χ1v) is 7.31. The molecule has 0 atom stereocenters. The zero-order valence-electron chi connectivity index (χ0n) is 11.3. The van der Waals surface area contributed by atoms with E-state index < -0.39 is 0 Å². The summed E-state index contributed by atoms with van der Waals surface area (Å²) in [5.74, 6) is -0.120. The zero-order valence-corrected chi connectivity index (χ0v) is 12.9. The van der Waals surface area contributed by atoms with Gasteiger partial charge in [0, 0.05) is 16.2 Å². The number of benzene rings is 2. The fraction of sp³-hybridized carbons (Fsp3) is 0.118. The molecule has 0 unspecified atom stereocenters. The van der Waals surface area contributed by atoms with Crippen molar-refractivity contribution in [2.24, 2.45) is 0 Å². The largest absolute Gasteiger partial charge is 0.322 e. The molecule has 0 heterocycles. The highest BCUT2D eigenvalue weighted by Gasteiger charge is 2.04. The van der Waals surface area contributed by atoms with Crippen LogP contribution in [0.1, 0.15) is 18.1 Å². The molecule has 2 nitrogen and oxygen atoms in total. The Labute approximate surface area is 127 Å². The van der Waals surface area contributed by atoms with Crippen molar-refractivity contribution < 1.29 is 4.79 Å². The highest BCUT2D eigenvalue weighted by atomic mass is 79.9. The van der Waals surface area contributed by atoms with Crippen LogP contribution in [-0.2, 0) is 11.2 Å². The Morgan fingerprint density at radius 3 is 2.65 bits per heavy atom. The highest BCUT2D eigenvalue weighted by Crippen LogP contribution is 2.21. The number of anilines is 1. The summed E-state index contributed by atoms with van der Waals surface area (Å²) >= 11 is 3.44. The van der Waals surface area contributed by atoms with E-state index >= 15 is 0 Å². The SMILES string of the molecule is CCc1cc(Br)ccc1NC(=O)/C=C/c1ccccc1. The number of carbonyl (C=O) groups excluding carboxylic acids is 1. The van der Waals surface area contributed by atoms with Gasteiger partial charge in [0.1, 0.15) is 0 Å². The normalized spacial score (nSPS) is 10.7. The third kappa shape index (κ3) is 4.07. The fourth-order valence-electron chi connectivity index (χ4n) is 1.89. The lowest BCUT2D eigenvalue weighted by Gasteiger charge is -2.08. The molecule has 2 aromatic rings. The molecule has 0 radical (unpaired) electrons. The zero-order chi connectivity index (χ0) is 14.4. The lowest BCUT2D eigenvalue weighted by atomic mass is 10.1. The molecule has 0 aliphatic rings. The van der Waals surface area contributed by atoms with Gasteiger partial charge in [0.15, 0.2) is 0 Å². The molecular weight excluding hydrogens is 314 g/mol. The van der Waals surface area contributed by atoms with Crippen LogP contribution in [0.2, 0.25) is 0 Å². The van der Waals surface area contributed by atoms with Gasteiger partial charge in [0.25, 0.3) is 0 Å². The number of halogens is 1. The number of carbonyl (C=O) groups is 1. The Kier molecular flexibility index (Phi) is 5.13. The molecule has 1 N–H and O–H groups in total. The van der Waals surface area contributed by atoms with Crippen LogP contribution in [-0.4, -0.2) is 5.91 Å². The van der Waals surface area contributed by atoms with Crippen molar-refractivity contribution >= 4 is 33.6 Å². The van der Waals surface area contributed by atoms with Gasteiger partial charge in [-0.15, -0.1) is 0 Å². The average molecular weight is 330 g/mol. The van der Waals surface area contributed by atoms with E-state index in [1.54, 1.807) is 12.2 Å². The summed E-state index contributed by atoms with van der Waals surface area (Å²) in [6.07, 6.45) is 4.23. The van der Waals surface area contributed by atoms with Crippen LogP contribution in [0.25, 0.3) is 6.08 Å². The minimum atomic E-state index is -0.120. The van der Waals surface area contributed by atoms with Crippen molar-refractivity contribution in [1.82, 2.24) is 0 Å². The Hall–Kier alpha value is -1.87. The summed E-state index contributed by atoms with van der Waals surface area (Å²) in [5, 5.41) is 2.91. The molecule has 1 amide bonds. The van der Waals surface area contributed by atoms with Crippen LogP contribution >= 0.6 is 15.9 Å². The van der Waals surface area contributed by atoms with Gasteiger partial charge >= 0.3 is 0 Å². The van der Waals surface area contributed by atoms with Gasteiger partial charge in [-0.1, -0.05) is 53.2 Å². The molecule has 3 heteroatoms. The van der Waals surface area contributed by atoms with E-state index in [2.05, 4.69) is 28.2 Å². The van der Waals surface area contributed by atoms with Crippen LogP contribution < -0.4 is 5.32 Å². The molecule has 0 bridgehead atoms. The maximum absolute atomic E-state index is 11.9. The van der Waals surface area contributed by atoms with E-state index in [0.29, 0.717) is 0 Å². The Morgan fingerprint density at radius 1 is 1.20 bits per heavy atom. The maximum Gasteiger partial charge on any atom is 0.248 e. The van der Waals surface area contributed by atoms with Gasteiger partial charge in [0.05, 0.1) is 0 Å². The lowest BCUT2D eigenvalue weighted by Crippen LogP contribution is -2.09. The van der Waals surface area contributed by atoms with Crippen molar-refractivity contribution in [1.29, 1.82) is 0 Å². The molecule has 0 spiro atoms. The number of nitrogens with one attached hydrogen (secondary N) is 1. The molecule has 0 saturated carbocycles. The summed E-state index contributed by atoms with van der Waals surface area (Å²) in [4.78, 5) is 11.9. The van der Waals surface area contributed by atoms with Gasteiger partial charge in [-0.25, -0.2) is 0 Å². The molecule has 102 valence electrons. The van der Waals surface area contributed by atoms with Crippen LogP contribution in [0.5, 0.6) is 0 Å². The number of amides is 1. The summed E-state index contributed by atoms with van der Waals surface area (Å²) in [6.45, 7) is 2.07. The van der Waals surface area contributed by atoms with E-state index in [9.17, 15) is 4.79 Å². The predicted octanol–water partition coefficient (Wildman–Crippen LogP) is 4.66. The molecule has 2 rings (SSSR count). The van der Waals surface area contributed by atoms with E-state index in [1.807, 2.05) is 48.5 Å². The minimum Gasteiger partial charge on any atom is -0.322 e. The Balaban J connectivity index is 2.07. The molecule has 20 heavy (non-hydrogen) atoms. The Bertz CT molecular complexity index is 620. The molecule has 0 aliphatic heterocycles. The average Bonchev–Trinajstić information content (AvgIpc) is 2.48.